The van der Waals surface area contributed by atoms with Crippen molar-refractivity contribution in [2.45, 2.75) is 50.7 Å². The number of piperidine rings is 1. The Morgan fingerprint density at radius 1 is 0.927 bits per heavy atom. The average molecular weight is 559 g/mol. The monoisotopic (exact) mass is 558 g/mol. The number of hydrogen-bond acceptors (Lipinski definition) is 7. The number of hydrogen-bond donors (Lipinski definition) is 2. The molecule has 1 amide bonds. The van der Waals surface area contributed by atoms with Crippen molar-refractivity contribution in [3.05, 3.63) is 101 Å². The molecule has 1 spiro atoms. The third-order valence-corrected chi connectivity index (χ3v) is 8.45. The Labute approximate surface area is 241 Å². The summed E-state index contributed by atoms with van der Waals surface area (Å²) in [4.78, 5) is 15.2. The number of benzene rings is 3. The molecule has 41 heavy (non-hydrogen) atoms. The average Bonchev–Trinajstić information content (AvgIpc) is 3.48. The number of nitrogens with zero attached hydrogens (tertiary/aromatic N) is 1. The number of likely N-dealkylation sites (tertiary alicyclic amines) is 1. The minimum absolute atomic E-state index is 0.00108. The maximum absolute atomic E-state index is 12.8. The van der Waals surface area contributed by atoms with Gasteiger partial charge in [-0.1, -0.05) is 61.5 Å². The Bertz CT molecular complexity index is 1300. The maximum Gasteiger partial charge on any atom is 0.255 e. The molecular formula is C33H38N2O6. The molecule has 0 saturated carbocycles. The van der Waals surface area contributed by atoms with Crippen LogP contribution in [-0.4, -0.2) is 60.7 Å². The van der Waals surface area contributed by atoms with Crippen LogP contribution in [0.1, 0.15) is 59.2 Å². The lowest BCUT2D eigenvalue weighted by Crippen LogP contribution is -2.50. The quantitative estimate of drug-likeness (QED) is 0.419. The molecule has 3 fully saturated rings. The summed E-state index contributed by atoms with van der Waals surface area (Å²) in [6.07, 6.45) is 0.807. The second kappa shape index (κ2) is 12.4. The first-order valence-corrected chi connectivity index (χ1v) is 14.5. The van der Waals surface area contributed by atoms with E-state index in [2.05, 4.69) is 17.1 Å². The van der Waals surface area contributed by atoms with Crippen molar-refractivity contribution in [2.24, 2.45) is 5.92 Å². The first kappa shape index (κ1) is 28.0. The third kappa shape index (κ3) is 6.38. The van der Waals surface area contributed by atoms with Gasteiger partial charge in [-0.2, -0.15) is 0 Å². The molecule has 0 bridgehead atoms. The van der Waals surface area contributed by atoms with Crippen LogP contribution in [0.5, 0.6) is 0 Å². The van der Waals surface area contributed by atoms with Gasteiger partial charge >= 0.3 is 0 Å². The van der Waals surface area contributed by atoms with E-state index >= 15 is 0 Å². The molecule has 0 radical (unpaired) electrons. The summed E-state index contributed by atoms with van der Waals surface area (Å²) in [7, 11) is 0. The van der Waals surface area contributed by atoms with Gasteiger partial charge in [0.05, 0.1) is 32.0 Å². The van der Waals surface area contributed by atoms with E-state index in [1.165, 1.54) is 0 Å². The molecule has 3 aromatic rings. The van der Waals surface area contributed by atoms with E-state index < -0.39 is 12.1 Å². The lowest BCUT2D eigenvalue weighted by atomic mass is 9.89. The van der Waals surface area contributed by atoms with Gasteiger partial charge in [-0.25, -0.2) is 0 Å². The highest BCUT2D eigenvalue weighted by Gasteiger charge is 2.43. The fraction of sp³-hybridized carbons (Fsp3) is 0.424. The number of carbonyl (C=O) groups excluding carboxylic acids is 1. The van der Waals surface area contributed by atoms with Gasteiger partial charge in [0.25, 0.3) is 5.91 Å². The van der Waals surface area contributed by atoms with Crippen LogP contribution >= 0.6 is 0 Å². The Balaban J connectivity index is 1.21. The minimum Gasteiger partial charge on any atom is -0.392 e. The van der Waals surface area contributed by atoms with Gasteiger partial charge in [-0.15, -0.1) is 0 Å². The smallest absolute Gasteiger partial charge is 0.255 e. The molecule has 3 heterocycles. The van der Waals surface area contributed by atoms with Crippen molar-refractivity contribution >= 4 is 11.6 Å². The van der Waals surface area contributed by atoms with Gasteiger partial charge in [0.2, 0.25) is 0 Å². The molecule has 4 atom stereocenters. The molecule has 8 nitrogen and oxygen atoms in total. The topological polar surface area (TPSA) is 89.5 Å². The summed E-state index contributed by atoms with van der Waals surface area (Å²) in [5.74, 6) is -0.496. The molecule has 3 aromatic carbocycles. The van der Waals surface area contributed by atoms with Crippen LogP contribution in [0, 0.1) is 5.92 Å². The van der Waals surface area contributed by atoms with E-state index in [9.17, 15) is 9.90 Å². The summed E-state index contributed by atoms with van der Waals surface area (Å²) < 4.78 is 25.2. The molecule has 4 unspecified atom stereocenters. The zero-order valence-electron chi connectivity index (χ0n) is 23.4. The van der Waals surface area contributed by atoms with E-state index in [-0.39, 0.29) is 30.6 Å². The number of ether oxygens (including phenoxy) is 4. The van der Waals surface area contributed by atoms with Crippen molar-refractivity contribution in [2.75, 3.05) is 38.2 Å². The van der Waals surface area contributed by atoms with Crippen LogP contribution in [0.3, 0.4) is 0 Å². The summed E-state index contributed by atoms with van der Waals surface area (Å²) in [5, 5.41) is 12.5. The molecule has 2 N–H and O–H groups in total. The summed E-state index contributed by atoms with van der Waals surface area (Å²) in [6.45, 7) is 6.06. The Morgan fingerprint density at radius 2 is 1.66 bits per heavy atom. The van der Waals surface area contributed by atoms with Crippen molar-refractivity contribution in [3.63, 3.8) is 0 Å². The number of amides is 1. The Hall–Kier alpha value is -3.11. The number of carbonyl (C=O) groups is 1. The summed E-state index contributed by atoms with van der Waals surface area (Å²) in [6, 6.07) is 24.8. The summed E-state index contributed by atoms with van der Waals surface area (Å²) in [5.41, 5.74) is 4.03. The molecule has 0 aromatic heterocycles. The summed E-state index contributed by atoms with van der Waals surface area (Å²) >= 11 is 0. The lowest BCUT2D eigenvalue weighted by Gasteiger charge is -2.44. The van der Waals surface area contributed by atoms with Gasteiger partial charge in [-0.3, -0.25) is 4.79 Å². The van der Waals surface area contributed by atoms with Crippen LogP contribution in [0.2, 0.25) is 0 Å². The molecule has 216 valence electrons. The van der Waals surface area contributed by atoms with E-state index in [0.29, 0.717) is 24.5 Å². The van der Waals surface area contributed by atoms with Crippen molar-refractivity contribution in [1.82, 2.24) is 4.90 Å². The second-order valence-corrected chi connectivity index (χ2v) is 11.2. The third-order valence-electron chi connectivity index (χ3n) is 8.45. The van der Waals surface area contributed by atoms with E-state index in [1.54, 1.807) is 12.1 Å². The number of nitrogens with one attached hydrogen (secondary N) is 1. The van der Waals surface area contributed by atoms with Crippen LogP contribution in [0.25, 0.3) is 0 Å². The van der Waals surface area contributed by atoms with Gasteiger partial charge in [0, 0.05) is 55.2 Å². The maximum atomic E-state index is 12.8. The van der Waals surface area contributed by atoms with Gasteiger partial charge in [0.1, 0.15) is 0 Å². The Morgan fingerprint density at radius 3 is 2.37 bits per heavy atom. The fourth-order valence-electron chi connectivity index (χ4n) is 6.00. The molecule has 0 aliphatic carbocycles. The first-order valence-electron chi connectivity index (χ1n) is 14.5. The largest absolute Gasteiger partial charge is 0.392 e. The molecule has 3 aliphatic heterocycles. The van der Waals surface area contributed by atoms with Crippen molar-refractivity contribution in [3.8, 4) is 0 Å². The highest BCUT2D eigenvalue weighted by atomic mass is 16.7. The number of rotatable bonds is 7. The zero-order valence-corrected chi connectivity index (χ0v) is 23.4. The van der Waals surface area contributed by atoms with E-state index in [4.69, 9.17) is 18.9 Å². The van der Waals surface area contributed by atoms with Gasteiger partial charge in [0.15, 0.2) is 12.1 Å². The van der Waals surface area contributed by atoms with Gasteiger partial charge in [-0.05, 0) is 35.4 Å². The van der Waals surface area contributed by atoms with Gasteiger partial charge < -0.3 is 34.3 Å². The second-order valence-electron chi connectivity index (χ2n) is 11.2. The fourth-order valence-corrected chi connectivity index (χ4v) is 6.00. The molecule has 3 saturated heterocycles. The van der Waals surface area contributed by atoms with E-state index in [0.717, 1.165) is 49.2 Å². The van der Waals surface area contributed by atoms with Crippen LogP contribution in [-0.2, 0) is 25.6 Å². The number of aliphatic hydroxyl groups excluding tert-OH is 1. The normalized spacial score (nSPS) is 26.2. The standard InChI is InChI=1S/C33H38N2O6/c1-23-29(21-35-16-14-33(15-17-35)38-18-19-39-33)40-32(41-30(23)25-12-10-24(22-36)11-13-25)27-8-5-9-28(20-27)34-31(37)26-6-3-2-4-7-26/h2-13,20,23,29-30,32,36H,14-19,21-22H2,1H3,(H,34,37). The van der Waals surface area contributed by atoms with E-state index in [1.807, 2.05) is 66.7 Å². The van der Waals surface area contributed by atoms with Crippen LogP contribution in [0.4, 0.5) is 5.69 Å². The lowest BCUT2D eigenvalue weighted by molar-refractivity contribution is -0.278. The molecule has 6 rings (SSSR count). The highest BCUT2D eigenvalue weighted by Crippen LogP contribution is 2.42. The van der Waals surface area contributed by atoms with Crippen LogP contribution in [0.15, 0.2) is 78.9 Å². The number of aliphatic hydroxyl groups is 1. The first-order chi connectivity index (χ1) is 20.0. The zero-order chi connectivity index (χ0) is 28.2. The SMILES string of the molecule is CC1C(CN2CCC3(CC2)OCCO3)OC(c2cccc(NC(=O)c3ccccc3)c2)OC1c1ccc(CO)cc1. The molecule has 3 aliphatic rings. The molecule has 8 heteroatoms. The van der Waals surface area contributed by atoms with Crippen molar-refractivity contribution in [1.29, 1.82) is 0 Å². The predicted molar refractivity (Wildman–Crippen MR) is 154 cm³/mol. The van der Waals surface area contributed by atoms with Crippen molar-refractivity contribution < 1.29 is 28.8 Å². The number of anilines is 1. The Kier molecular flexibility index (Phi) is 8.48. The van der Waals surface area contributed by atoms with Crippen LogP contribution < -0.4 is 5.32 Å². The highest BCUT2D eigenvalue weighted by molar-refractivity contribution is 6.04. The minimum atomic E-state index is -0.607. The predicted octanol–water partition coefficient (Wildman–Crippen LogP) is 5.06. The molecular weight excluding hydrogens is 520 g/mol.